The van der Waals surface area contributed by atoms with Gasteiger partial charge in [0.2, 0.25) is 11.9 Å². The molecule has 3 heterocycles. The van der Waals surface area contributed by atoms with E-state index in [1.54, 1.807) is 0 Å². The van der Waals surface area contributed by atoms with E-state index < -0.39 is 0 Å². The lowest BCUT2D eigenvalue weighted by atomic mass is 10.0. The molecule has 0 radical (unpaired) electrons. The van der Waals surface area contributed by atoms with Gasteiger partial charge < -0.3 is 9.80 Å². The van der Waals surface area contributed by atoms with Crippen molar-refractivity contribution in [2.24, 2.45) is 5.92 Å². The van der Waals surface area contributed by atoms with Crippen molar-refractivity contribution < 1.29 is 4.79 Å². The molecular weight excluding hydrogens is 326 g/mol. The zero-order valence-electron chi connectivity index (χ0n) is 13.7. The van der Waals surface area contributed by atoms with Gasteiger partial charge in [-0.2, -0.15) is 0 Å². The van der Waals surface area contributed by atoms with Gasteiger partial charge in [-0.05, 0) is 30.9 Å². The van der Waals surface area contributed by atoms with Crippen LogP contribution in [0.4, 0.5) is 5.95 Å². The Labute approximate surface area is 146 Å². The van der Waals surface area contributed by atoms with E-state index in [4.69, 9.17) is 11.6 Å². The van der Waals surface area contributed by atoms with Crippen LogP contribution in [0, 0.1) is 5.92 Å². The maximum Gasteiger partial charge on any atom is 0.231 e. The zero-order valence-corrected chi connectivity index (χ0v) is 14.5. The van der Waals surface area contributed by atoms with Gasteiger partial charge in [0.15, 0.2) is 5.65 Å². The lowest BCUT2D eigenvalue weighted by Gasteiger charge is -2.35. The van der Waals surface area contributed by atoms with Crippen LogP contribution in [0.3, 0.4) is 0 Å². The van der Waals surface area contributed by atoms with Crippen molar-refractivity contribution in [1.29, 1.82) is 0 Å². The van der Waals surface area contributed by atoms with Crippen LogP contribution in [0.2, 0.25) is 5.02 Å². The number of fused-ring (bicyclic) bond motifs is 1. The number of amides is 1. The summed E-state index contributed by atoms with van der Waals surface area (Å²) in [4.78, 5) is 16.6. The Morgan fingerprint density at radius 1 is 1.17 bits per heavy atom. The minimum Gasteiger partial charge on any atom is -0.339 e. The molecule has 1 saturated carbocycles. The number of aromatic nitrogens is 3. The first-order valence-corrected chi connectivity index (χ1v) is 9.12. The Hall–Kier alpha value is -1.82. The molecule has 0 spiro atoms. The third kappa shape index (κ3) is 2.95. The van der Waals surface area contributed by atoms with E-state index >= 15 is 0 Å². The Kier molecular flexibility index (Phi) is 4.31. The number of anilines is 1. The van der Waals surface area contributed by atoms with Gasteiger partial charge in [0.1, 0.15) is 0 Å². The molecule has 1 aliphatic carbocycles. The van der Waals surface area contributed by atoms with E-state index in [1.165, 1.54) is 25.7 Å². The molecule has 0 aromatic carbocycles. The van der Waals surface area contributed by atoms with E-state index in [0.29, 0.717) is 22.5 Å². The van der Waals surface area contributed by atoms with Crippen molar-refractivity contribution in [3.63, 3.8) is 0 Å². The average molecular weight is 348 g/mol. The second-order valence-corrected chi connectivity index (χ2v) is 7.18. The van der Waals surface area contributed by atoms with Crippen LogP contribution in [-0.2, 0) is 4.79 Å². The molecule has 0 unspecified atom stereocenters. The number of hydrogen-bond donors (Lipinski definition) is 0. The predicted octanol–water partition coefficient (Wildman–Crippen LogP) is 2.61. The molecule has 24 heavy (non-hydrogen) atoms. The smallest absolute Gasteiger partial charge is 0.231 e. The molecule has 128 valence electrons. The first-order valence-electron chi connectivity index (χ1n) is 8.74. The van der Waals surface area contributed by atoms with E-state index in [9.17, 15) is 4.79 Å². The molecule has 0 atom stereocenters. The Balaban J connectivity index is 1.40. The number of carbonyl (C=O) groups excluding carboxylic acids is 1. The summed E-state index contributed by atoms with van der Waals surface area (Å²) >= 11 is 6.16. The van der Waals surface area contributed by atoms with Gasteiger partial charge in [0, 0.05) is 38.8 Å². The summed E-state index contributed by atoms with van der Waals surface area (Å²) in [5, 5.41) is 9.06. The highest BCUT2D eigenvalue weighted by molar-refractivity contribution is 6.33. The molecule has 1 saturated heterocycles. The number of pyridine rings is 1. The molecule has 2 aromatic heterocycles. The van der Waals surface area contributed by atoms with Crippen molar-refractivity contribution in [3.8, 4) is 0 Å². The number of carbonyl (C=O) groups is 1. The van der Waals surface area contributed by atoms with Crippen molar-refractivity contribution in [1.82, 2.24) is 19.5 Å². The van der Waals surface area contributed by atoms with Crippen LogP contribution >= 0.6 is 11.6 Å². The Bertz CT molecular complexity index is 732. The van der Waals surface area contributed by atoms with E-state index in [2.05, 4.69) is 15.1 Å². The third-order valence-corrected chi connectivity index (χ3v) is 5.52. The molecule has 1 aliphatic heterocycles. The van der Waals surface area contributed by atoms with E-state index in [0.717, 1.165) is 38.5 Å². The molecular formula is C17H22ClN5O. The van der Waals surface area contributed by atoms with Crippen LogP contribution in [0.1, 0.15) is 32.1 Å². The minimum absolute atomic E-state index is 0.315. The zero-order chi connectivity index (χ0) is 16.5. The number of nitrogens with zero attached hydrogens (tertiary/aromatic N) is 5. The number of halogens is 1. The van der Waals surface area contributed by atoms with Crippen LogP contribution < -0.4 is 4.90 Å². The fourth-order valence-electron chi connectivity index (χ4n) is 3.83. The quantitative estimate of drug-likeness (QED) is 0.856. The minimum atomic E-state index is 0.315. The molecule has 2 fully saturated rings. The summed E-state index contributed by atoms with van der Waals surface area (Å²) in [6.45, 7) is 3.06. The first kappa shape index (κ1) is 15.7. The highest BCUT2D eigenvalue weighted by Gasteiger charge is 2.26. The summed E-state index contributed by atoms with van der Waals surface area (Å²) < 4.78 is 1.92. The van der Waals surface area contributed by atoms with Gasteiger partial charge in [0.25, 0.3) is 0 Å². The topological polar surface area (TPSA) is 53.7 Å². The largest absolute Gasteiger partial charge is 0.339 e. The van der Waals surface area contributed by atoms with Gasteiger partial charge in [-0.1, -0.05) is 24.4 Å². The molecule has 2 aliphatic rings. The molecule has 0 N–H and O–H groups in total. The lowest BCUT2D eigenvalue weighted by molar-refractivity contribution is -0.132. The summed E-state index contributed by atoms with van der Waals surface area (Å²) in [5.41, 5.74) is 0.675. The second-order valence-electron chi connectivity index (χ2n) is 6.77. The molecule has 6 nitrogen and oxygen atoms in total. The number of hydrogen-bond acceptors (Lipinski definition) is 4. The molecule has 0 bridgehead atoms. The monoisotopic (exact) mass is 347 g/mol. The highest BCUT2D eigenvalue weighted by Crippen LogP contribution is 2.28. The van der Waals surface area contributed by atoms with Crippen molar-refractivity contribution in [2.45, 2.75) is 32.1 Å². The van der Waals surface area contributed by atoms with E-state index in [-0.39, 0.29) is 0 Å². The fraction of sp³-hybridized carbons (Fsp3) is 0.588. The maximum atomic E-state index is 12.5. The SMILES string of the molecule is O=C(CC1CCCC1)N1CCN(c2nnc3c(Cl)cccn23)CC1. The Morgan fingerprint density at radius 3 is 2.67 bits per heavy atom. The standard InChI is InChI=1S/C17H22ClN5O/c18-14-6-3-7-23-16(14)19-20-17(23)22-10-8-21(9-11-22)15(24)12-13-4-1-2-5-13/h3,6-7,13H,1-2,4-5,8-12H2. The Morgan fingerprint density at radius 2 is 1.92 bits per heavy atom. The van der Waals surface area contributed by atoms with Gasteiger partial charge in [0.05, 0.1) is 5.02 Å². The number of rotatable bonds is 3. The van der Waals surface area contributed by atoms with Crippen molar-refractivity contribution in [3.05, 3.63) is 23.4 Å². The van der Waals surface area contributed by atoms with Crippen LogP contribution in [0.15, 0.2) is 18.3 Å². The van der Waals surface area contributed by atoms with Crippen LogP contribution in [0.25, 0.3) is 5.65 Å². The summed E-state index contributed by atoms with van der Waals surface area (Å²) in [6.07, 6.45) is 7.66. The van der Waals surface area contributed by atoms with Crippen LogP contribution in [-0.4, -0.2) is 51.6 Å². The van der Waals surface area contributed by atoms with Gasteiger partial charge in [-0.3, -0.25) is 9.20 Å². The van der Waals surface area contributed by atoms with E-state index in [1.807, 2.05) is 27.6 Å². The van der Waals surface area contributed by atoms with Crippen molar-refractivity contribution in [2.75, 3.05) is 31.1 Å². The van der Waals surface area contributed by atoms with Crippen molar-refractivity contribution >= 4 is 29.1 Å². The third-order valence-electron chi connectivity index (χ3n) is 5.22. The van der Waals surface area contributed by atoms with Gasteiger partial charge in [-0.15, -0.1) is 10.2 Å². The predicted molar refractivity (Wildman–Crippen MR) is 93.4 cm³/mol. The highest BCUT2D eigenvalue weighted by atomic mass is 35.5. The van der Waals surface area contributed by atoms with Gasteiger partial charge in [-0.25, -0.2) is 0 Å². The average Bonchev–Trinajstić information content (AvgIpc) is 3.25. The molecule has 4 rings (SSSR count). The molecule has 2 aromatic rings. The summed E-state index contributed by atoms with van der Waals surface area (Å²) in [7, 11) is 0. The molecule has 7 heteroatoms. The second kappa shape index (κ2) is 6.59. The summed E-state index contributed by atoms with van der Waals surface area (Å²) in [5.74, 6) is 1.73. The normalized spacial score (nSPS) is 19.4. The van der Waals surface area contributed by atoms with Gasteiger partial charge >= 0.3 is 0 Å². The van der Waals surface area contributed by atoms with Crippen LogP contribution in [0.5, 0.6) is 0 Å². The number of piperazine rings is 1. The first-order chi connectivity index (χ1) is 11.7. The molecule has 1 amide bonds. The fourth-order valence-corrected chi connectivity index (χ4v) is 4.03. The summed E-state index contributed by atoms with van der Waals surface area (Å²) in [6, 6.07) is 3.71. The maximum absolute atomic E-state index is 12.5. The lowest BCUT2D eigenvalue weighted by Crippen LogP contribution is -2.49.